The van der Waals surface area contributed by atoms with E-state index in [1.165, 1.54) is 0 Å². The summed E-state index contributed by atoms with van der Waals surface area (Å²) in [6, 6.07) is 0. The van der Waals surface area contributed by atoms with Crippen molar-refractivity contribution in [2.75, 3.05) is 14.1 Å². The molecule has 0 spiro atoms. The zero-order chi connectivity index (χ0) is 7.28. The maximum Gasteiger partial charge on any atom is 0.0571 e. The van der Waals surface area contributed by atoms with E-state index < -0.39 is 0 Å². The molecule has 9 heavy (non-hydrogen) atoms. The van der Waals surface area contributed by atoms with E-state index in [0.29, 0.717) is 0 Å². The summed E-state index contributed by atoms with van der Waals surface area (Å²) in [4.78, 5) is 0. The number of hydrazone groups is 1. The van der Waals surface area contributed by atoms with Crippen molar-refractivity contribution < 1.29 is 0 Å². The summed E-state index contributed by atoms with van der Waals surface area (Å²) >= 11 is 0. The fourth-order valence-corrected chi connectivity index (χ4v) is 0.590. The van der Waals surface area contributed by atoms with Crippen LogP contribution in [0.5, 0.6) is 0 Å². The molecular formula is C7H14N2. The molecule has 0 aliphatic carbocycles. The molecule has 0 saturated heterocycles. The highest BCUT2D eigenvalue weighted by Crippen LogP contribution is 1.82. The average Bonchev–Trinajstić information content (AvgIpc) is 1.63. The van der Waals surface area contributed by atoms with E-state index in [1.54, 1.807) is 5.01 Å². The molecule has 0 amide bonds. The predicted molar refractivity (Wildman–Crippen MR) is 41.6 cm³/mol. The summed E-state index contributed by atoms with van der Waals surface area (Å²) in [6.45, 7) is 3.95. The van der Waals surface area contributed by atoms with Gasteiger partial charge in [-0.05, 0) is 19.9 Å². The van der Waals surface area contributed by atoms with E-state index in [4.69, 9.17) is 0 Å². The van der Waals surface area contributed by atoms with E-state index in [9.17, 15) is 0 Å². The van der Waals surface area contributed by atoms with Crippen LogP contribution in [0.25, 0.3) is 0 Å². The molecule has 0 aliphatic rings. The molecule has 52 valence electrons. The number of allylic oxidation sites excluding steroid dienone is 2. The van der Waals surface area contributed by atoms with Crippen molar-refractivity contribution in [1.29, 1.82) is 0 Å². The molecule has 0 aliphatic heterocycles. The molecule has 0 fully saturated rings. The fourth-order valence-electron chi connectivity index (χ4n) is 0.590. The third kappa shape index (κ3) is 5.07. The second-order valence-electron chi connectivity index (χ2n) is 2.09. The van der Waals surface area contributed by atoms with Gasteiger partial charge < -0.3 is 5.01 Å². The van der Waals surface area contributed by atoms with Gasteiger partial charge in [-0.2, -0.15) is 5.10 Å². The molecule has 0 heterocycles. The Balaban J connectivity index is 3.84. The van der Waals surface area contributed by atoms with Crippen LogP contribution in [0.2, 0.25) is 0 Å². The molecule has 0 rings (SSSR count). The van der Waals surface area contributed by atoms with Crippen molar-refractivity contribution in [3.63, 3.8) is 0 Å². The lowest BCUT2D eigenvalue weighted by molar-refractivity contribution is 0.438. The Bertz CT molecular complexity index is 123. The predicted octanol–water partition coefficient (Wildman–Crippen LogP) is 1.50. The summed E-state index contributed by atoms with van der Waals surface area (Å²) in [5.41, 5.74) is 1.03. The number of rotatable bonds is 2. The van der Waals surface area contributed by atoms with Crippen LogP contribution < -0.4 is 0 Å². The summed E-state index contributed by atoms with van der Waals surface area (Å²) in [5.74, 6) is 0. The second kappa shape index (κ2) is 4.13. The molecule has 0 radical (unpaired) electrons. The molecule has 0 bridgehead atoms. The fraction of sp³-hybridized carbons (Fsp3) is 0.571. The lowest BCUT2D eigenvalue weighted by Crippen LogP contribution is -2.04. The Morgan fingerprint density at radius 1 is 1.44 bits per heavy atom. The first-order valence-corrected chi connectivity index (χ1v) is 3.02. The number of hydrogen-bond acceptors (Lipinski definition) is 2. The van der Waals surface area contributed by atoms with Gasteiger partial charge in [0.2, 0.25) is 0 Å². The monoisotopic (exact) mass is 126 g/mol. The van der Waals surface area contributed by atoms with Crippen molar-refractivity contribution in [2.24, 2.45) is 5.10 Å². The highest BCUT2D eigenvalue weighted by atomic mass is 15.4. The highest BCUT2D eigenvalue weighted by Gasteiger charge is 1.81. The van der Waals surface area contributed by atoms with Gasteiger partial charge in [-0.25, -0.2) is 0 Å². The van der Waals surface area contributed by atoms with Crippen molar-refractivity contribution >= 4 is 5.71 Å². The minimum atomic E-state index is 1.03. The Hall–Kier alpha value is -0.790. The molecule has 0 aromatic carbocycles. The maximum atomic E-state index is 4.13. The van der Waals surface area contributed by atoms with Crippen LogP contribution in [0.4, 0.5) is 0 Å². The van der Waals surface area contributed by atoms with Gasteiger partial charge in [-0.1, -0.05) is 6.08 Å². The van der Waals surface area contributed by atoms with Gasteiger partial charge in [-0.3, -0.25) is 0 Å². The van der Waals surface area contributed by atoms with Crippen LogP contribution >= 0.6 is 0 Å². The largest absolute Gasteiger partial charge is 0.303 e. The molecular weight excluding hydrogens is 112 g/mol. The Labute approximate surface area is 56.9 Å². The molecule has 0 aromatic rings. The van der Waals surface area contributed by atoms with Crippen LogP contribution in [0.3, 0.4) is 0 Å². The SMILES string of the molecule is C/C=C\C(C)=N/N(C)C. The smallest absolute Gasteiger partial charge is 0.0571 e. The zero-order valence-electron chi connectivity index (χ0n) is 6.55. The van der Waals surface area contributed by atoms with Crippen molar-refractivity contribution in [2.45, 2.75) is 13.8 Å². The molecule has 0 atom stereocenters. The second-order valence-corrected chi connectivity index (χ2v) is 2.09. The first-order chi connectivity index (χ1) is 4.16. The van der Waals surface area contributed by atoms with Gasteiger partial charge in [0.05, 0.1) is 5.71 Å². The van der Waals surface area contributed by atoms with Crippen LogP contribution in [-0.4, -0.2) is 24.8 Å². The van der Waals surface area contributed by atoms with Crippen LogP contribution in [0.1, 0.15) is 13.8 Å². The molecule has 0 aromatic heterocycles. The van der Waals surface area contributed by atoms with Gasteiger partial charge in [0.15, 0.2) is 0 Å². The minimum absolute atomic E-state index is 1.03. The van der Waals surface area contributed by atoms with Gasteiger partial charge in [-0.15, -0.1) is 0 Å². The summed E-state index contributed by atoms with van der Waals surface area (Å²) in [5, 5.41) is 5.92. The van der Waals surface area contributed by atoms with E-state index in [-0.39, 0.29) is 0 Å². The number of hydrogen-bond donors (Lipinski definition) is 0. The first kappa shape index (κ1) is 8.21. The lowest BCUT2D eigenvalue weighted by atomic mass is 10.4. The third-order valence-electron chi connectivity index (χ3n) is 0.766. The molecule has 2 heteroatoms. The Morgan fingerprint density at radius 2 is 2.00 bits per heavy atom. The number of nitrogens with zero attached hydrogens (tertiary/aromatic N) is 2. The topological polar surface area (TPSA) is 15.6 Å². The van der Waals surface area contributed by atoms with Crippen molar-refractivity contribution in [3.05, 3.63) is 12.2 Å². The van der Waals surface area contributed by atoms with Crippen molar-refractivity contribution in [1.82, 2.24) is 5.01 Å². The minimum Gasteiger partial charge on any atom is -0.303 e. The molecule has 0 saturated carbocycles. The Kier molecular flexibility index (Phi) is 3.76. The molecule has 0 N–H and O–H groups in total. The van der Waals surface area contributed by atoms with E-state index >= 15 is 0 Å². The summed E-state index contributed by atoms with van der Waals surface area (Å²) < 4.78 is 0. The zero-order valence-corrected chi connectivity index (χ0v) is 6.55. The third-order valence-corrected chi connectivity index (χ3v) is 0.766. The van der Waals surface area contributed by atoms with E-state index in [2.05, 4.69) is 5.10 Å². The highest BCUT2D eigenvalue weighted by molar-refractivity contribution is 5.92. The van der Waals surface area contributed by atoms with Gasteiger partial charge in [0.1, 0.15) is 0 Å². The lowest BCUT2D eigenvalue weighted by Gasteiger charge is -2.03. The summed E-state index contributed by atoms with van der Waals surface area (Å²) in [6.07, 6.45) is 3.95. The standard InChI is InChI=1S/C7H14N2/c1-5-6-7(2)8-9(3)4/h5-6H,1-4H3/b6-5-,8-7-. The van der Waals surface area contributed by atoms with Crippen LogP contribution in [0.15, 0.2) is 17.3 Å². The van der Waals surface area contributed by atoms with Gasteiger partial charge in [0, 0.05) is 14.1 Å². The maximum absolute atomic E-state index is 4.13. The quantitative estimate of drug-likeness (QED) is 0.404. The molecule has 2 nitrogen and oxygen atoms in total. The van der Waals surface area contributed by atoms with Gasteiger partial charge >= 0.3 is 0 Å². The van der Waals surface area contributed by atoms with Crippen LogP contribution in [-0.2, 0) is 0 Å². The van der Waals surface area contributed by atoms with Crippen LogP contribution in [0, 0.1) is 0 Å². The average molecular weight is 126 g/mol. The van der Waals surface area contributed by atoms with Crippen molar-refractivity contribution in [3.8, 4) is 0 Å². The first-order valence-electron chi connectivity index (χ1n) is 3.02. The Morgan fingerprint density at radius 3 is 2.33 bits per heavy atom. The van der Waals surface area contributed by atoms with E-state index in [1.807, 2.05) is 40.1 Å². The van der Waals surface area contributed by atoms with E-state index in [0.717, 1.165) is 5.71 Å². The molecule has 0 unspecified atom stereocenters. The summed E-state index contributed by atoms with van der Waals surface area (Å²) in [7, 11) is 3.82. The normalized spacial score (nSPS) is 12.7. The van der Waals surface area contributed by atoms with Gasteiger partial charge in [0.25, 0.3) is 0 Å².